The summed E-state index contributed by atoms with van der Waals surface area (Å²) in [4.78, 5) is 20.8. The van der Waals surface area contributed by atoms with E-state index in [1.165, 1.54) is 25.3 Å². The second-order valence-electron chi connectivity index (χ2n) is 3.06. The van der Waals surface area contributed by atoms with Gasteiger partial charge in [0.05, 0.1) is 12.0 Å². The zero-order chi connectivity index (χ0) is 12.0. The molecular weight excluding hydrogens is 210 g/mol. The molecule has 0 unspecified atom stereocenters. The fraction of sp³-hybridized carbons (Fsp3) is 0.182. The third-order valence-corrected chi connectivity index (χ3v) is 1.93. The summed E-state index contributed by atoms with van der Waals surface area (Å²) >= 11 is 0. The lowest BCUT2D eigenvalue weighted by Gasteiger charge is -1.96. The average Bonchev–Trinajstić information content (AvgIpc) is 2.29. The first kappa shape index (κ1) is 11.9. The van der Waals surface area contributed by atoms with E-state index in [0.717, 1.165) is 5.56 Å². The van der Waals surface area contributed by atoms with E-state index in [-0.39, 0.29) is 5.69 Å². The number of benzene rings is 1. The molecule has 0 atom stereocenters. The molecule has 0 heterocycles. The molecule has 0 radical (unpaired) electrons. The van der Waals surface area contributed by atoms with Gasteiger partial charge in [-0.25, -0.2) is 4.79 Å². The molecule has 5 heteroatoms. The molecule has 84 valence electrons. The second kappa shape index (κ2) is 5.65. The summed E-state index contributed by atoms with van der Waals surface area (Å²) < 4.78 is 4.42. The number of esters is 1. The first-order valence-corrected chi connectivity index (χ1v) is 4.61. The van der Waals surface area contributed by atoms with E-state index in [1.54, 1.807) is 18.2 Å². The summed E-state index contributed by atoms with van der Waals surface area (Å²) in [5.74, 6) is -0.439. The van der Waals surface area contributed by atoms with Gasteiger partial charge < -0.3 is 4.74 Å². The predicted molar refractivity (Wildman–Crippen MR) is 58.0 cm³/mol. The Labute approximate surface area is 92.5 Å². The quantitative estimate of drug-likeness (QED) is 0.337. The van der Waals surface area contributed by atoms with Gasteiger partial charge in [0, 0.05) is 18.2 Å². The van der Waals surface area contributed by atoms with Gasteiger partial charge in [0.15, 0.2) is 0 Å². The molecule has 0 aromatic heterocycles. The molecule has 0 aliphatic carbocycles. The number of rotatable bonds is 4. The van der Waals surface area contributed by atoms with E-state index < -0.39 is 10.9 Å². The normalized spacial score (nSPS) is 10.3. The van der Waals surface area contributed by atoms with Crippen molar-refractivity contribution in [2.45, 2.75) is 6.42 Å². The van der Waals surface area contributed by atoms with Gasteiger partial charge in [0.1, 0.15) is 0 Å². The summed E-state index contributed by atoms with van der Waals surface area (Å²) in [5.41, 5.74) is 0.818. The first-order chi connectivity index (χ1) is 7.63. The Balaban J connectivity index is 2.67. The van der Waals surface area contributed by atoms with Crippen molar-refractivity contribution in [1.82, 2.24) is 0 Å². The minimum Gasteiger partial charge on any atom is -0.466 e. The topological polar surface area (TPSA) is 69.4 Å². The Morgan fingerprint density at radius 2 is 2.31 bits per heavy atom. The van der Waals surface area contributed by atoms with Crippen LogP contribution in [0.25, 0.3) is 0 Å². The van der Waals surface area contributed by atoms with Crippen molar-refractivity contribution >= 4 is 11.7 Å². The lowest BCUT2D eigenvalue weighted by atomic mass is 10.1. The summed E-state index contributed by atoms with van der Waals surface area (Å²) in [6, 6.07) is 6.27. The van der Waals surface area contributed by atoms with Gasteiger partial charge in [-0.3, -0.25) is 10.1 Å². The molecular formula is C11H11NO4. The van der Waals surface area contributed by atoms with Gasteiger partial charge >= 0.3 is 5.97 Å². The van der Waals surface area contributed by atoms with Crippen molar-refractivity contribution < 1.29 is 14.5 Å². The Bertz CT molecular complexity index is 426. The fourth-order valence-electron chi connectivity index (χ4n) is 1.16. The largest absolute Gasteiger partial charge is 0.466 e. The van der Waals surface area contributed by atoms with Crippen molar-refractivity contribution in [2.24, 2.45) is 0 Å². The minimum atomic E-state index is -0.451. The van der Waals surface area contributed by atoms with Crippen LogP contribution in [-0.4, -0.2) is 18.0 Å². The van der Waals surface area contributed by atoms with Crippen LogP contribution < -0.4 is 0 Å². The minimum absolute atomic E-state index is 0.0453. The third-order valence-electron chi connectivity index (χ3n) is 1.93. The van der Waals surface area contributed by atoms with Gasteiger partial charge in [-0.15, -0.1) is 0 Å². The zero-order valence-corrected chi connectivity index (χ0v) is 8.75. The highest BCUT2D eigenvalue weighted by atomic mass is 16.6. The Kier molecular flexibility index (Phi) is 4.20. The monoisotopic (exact) mass is 221 g/mol. The third kappa shape index (κ3) is 3.53. The van der Waals surface area contributed by atoms with Crippen LogP contribution in [0.1, 0.15) is 5.56 Å². The lowest BCUT2D eigenvalue weighted by Crippen LogP contribution is -1.94. The summed E-state index contributed by atoms with van der Waals surface area (Å²) in [6.07, 6.45) is 3.35. The molecule has 0 saturated heterocycles. The molecule has 1 rings (SSSR count). The van der Waals surface area contributed by atoms with Crippen LogP contribution in [0.3, 0.4) is 0 Å². The predicted octanol–water partition coefficient (Wildman–Crippen LogP) is 1.87. The molecule has 1 aromatic rings. The van der Waals surface area contributed by atoms with E-state index in [2.05, 4.69) is 4.74 Å². The number of nitro benzene ring substituents is 1. The maximum absolute atomic E-state index is 10.8. The Morgan fingerprint density at radius 1 is 1.56 bits per heavy atom. The highest BCUT2D eigenvalue weighted by molar-refractivity contribution is 5.81. The van der Waals surface area contributed by atoms with Gasteiger partial charge in [0.2, 0.25) is 0 Å². The fourth-order valence-corrected chi connectivity index (χ4v) is 1.16. The highest BCUT2D eigenvalue weighted by Crippen LogP contribution is 2.13. The number of hydrogen-bond acceptors (Lipinski definition) is 4. The Morgan fingerprint density at radius 3 is 2.94 bits per heavy atom. The van der Waals surface area contributed by atoms with Gasteiger partial charge in [0.25, 0.3) is 5.69 Å². The maximum Gasteiger partial charge on any atom is 0.330 e. The van der Waals surface area contributed by atoms with Crippen LogP contribution in [-0.2, 0) is 16.0 Å². The molecule has 0 spiro atoms. The molecule has 5 nitrogen and oxygen atoms in total. The lowest BCUT2D eigenvalue weighted by molar-refractivity contribution is -0.384. The zero-order valence-electron chi connectivity index (χ0n) is 8.75. The maximum atomic E-state index is 10.8. The summed E-state index contributed by atoms with van der Waals surface area (Å²) in [6.45, 7) is 0. The van der Waals surface area contributed by atoms with Crippen molar-refractivity contribution in [3.8, 4) is 0 Å². The van der Waals surface area contributed by atoms with E-state index in [9.17, 15) is 14.9 Å². The Hall–Kier alpha value is -2.17. The SMILES string of the molecule is COC(=O)/C=C/Cc1cccc([N+](=O)[O-])c1. The molecule has 1 aromatic carbocycles. The van der Waals surface area contributed by atoms with Crippen LogP contribution in [0.5, 0.6) is 0 Å². The summed E-state index contributed by atoms with van der Waals surface area (Å²) in [7, 11) is 1.29. The van der Waals surface area contributed by atoms with Crippen molar-refractivity contribution in [2.75, 3.05) is 7.11 Å². The second-order valence-corrected chi connectivity index (χ2v) is 3.06. The van der Waals surface area contributed by atoms with Crippen molar-refractivity contribution in [1.29, 1.82) is 0 Å². The number of carbonyl (C=O) groups excluding carboxylic acids is 1. The smallest absolute Gasteiger partial charge is 0.330 e. The molecule has 16 heavy (non-hydrogen) atoms. The van der Waals surface area contributed by atoms with Gasteiger partial charge in [-0.2, -0.15) is 0 Å². The van der Waals surface area contributed by atoms with E-state index in [1.807, 2.05) is 0 Å². The van der Waals surface area contributed by atoms with Gasteiger partial charge in [-0.05, 0) is 12.0 Å². The van der Waals surface area contributed by atoms with Crippen LogP contribution in [0.4, 0.5) is 5.69 Å². The number of ether oxygens (including phenoxy) is 1. The molecule has 0 aliphatic heterocycles. The first-order valence-electron chi connectivity index (χ1n) is 4.61. The number of nitrogens with zero attached hydrogens (tertiary/aromatic N) is 1. The molecule has 0 N–H and O–H groups in total. The number of nitro groups is 1. The number of methoxy groups -OCH3 is 1. The average molecular weight is 221 g/mol. The molecule has 0 amide bonds. The van der Waals surface area contributed by atoms with Crippen LogP contribution in [0, 0.1) is 10.1 Å². The van der Waals surface area contributed by atoms with Crippen molar-refractivity contribution in [3.63, 3.8) is 0 Å². The number of hydrogen-bond donors (Lipinski definition) is 0. The number of carbonyl (C=O) groups is 1. The molecule has 0 aliphatic rings. The molecule has 0 fully saturated rings. The molecule has 0 bridgehead atoms. The van der Waals surface area contributed by atoms with E-state index in [4.69, 9.17) is 0 Å². The number of allylic oxidation sites excluding steroid dienone is 1. The van der Waals surface area contributed by atoms with Gasteiger partial charge in [-0.1, -0.05) is 18.2 Å². The van der Waals surface area contributed by atoms with Crippen LogP contribution in [0.15, 0.2) is 36.4 Å². The standard InChI is InChI=1S/C11H11NO4/c1-16-11(13)7-3-5-9-4-2-6-10(8-9)12(14)15/h2-4,6-8H,5H2,1H3/b7-3+. The van der Waals surface area contributed by atoms with Crippen molar-refractivity contribution in [3.05, 3.63) is 52.1 Å². The number of non-ortho nitro benzene ring substituents is 1. The van der Waals surface area contributed by atoms with E-state index >= 15 is 0 Å². The molecule has 0 saturated carbocycles. The van der Waals surface area contributed by atoms with Crippen LogP contribution >= 0.6 is 0 Å². The van der Waals surface area contributed by atoms with E-state index in [0.29, 0.717) is 6.42 Å². The summed E-state index contributed by atoms with van der Waals surface area (Å²) in [5, 5.41) is 10.5. The van der Waals surface area contributed by atoms with Crippen LogP contribution in [0.2, 0.25) is 0 Å². The highest BCUT2D eigenvalue weighted by Gasteiger charge is 2.04.